The average molecular weight is 525 g/mol. The first-order valence-corrected chi connectivity index (χ1v) is 14.4. The first-order valence-electron chi connectivity index (χ1n) is 14.4. The van der Waals surface area contributed by atoms with Crippen molar-refractivity contribution in [3.05, 3.63) is 35.4 Å². The molecule has 8 heteroatoms. The Labute approximate surface area is 226 Å². The zero-order valence-corrected chi connectivity index (χ0v) is 23.4. The van der Waals surface area contributed by atoms with Gasteiger partial charge in [-0.05, 0) is 81.3 Å². The summed E-state index contributed by atoms with van der Waals surface area (Å²) < 4.78 is 5.70. The van der Waals surface area contributed by atoms with Gasteiger partial charge >= 0.3 is 0 Å². The summed E-state index contributed by atoms with van der Waals surface area (Å²) >= 11 is 0. The third-order valence-corrected chi connectivity index (χ3v) is 9.02. The van der Waals surface area contributed by atoms with Gasteiger partial charge in [0, 0.05) is 18.2 Å². The number of ether oxygens (including phenoxy) is 1. The number of likely N-dealkylation sites (N-methyl/N-ethyl adjacent to an activating group) is 1. The first kappa shape index (κ1) is 27.3. The van der Waals surface area contributed by atoms with E-state index >= 15 is 0 Å². The minimum Gasteiger partial charge on any atom is -0.366 e. The summed E-state index contributed by atoms with van der Waals surface area (Å²) in [6.45, 7) is 8.90. The summed E-state index contributed by atoms with van der Waals surface area (Å²) in [4.78, 5) is 44.0. The molecular weight excluding hydrogens is 480 g/mol. The maximum atomic E-state index is 13.8. The molecule has 8 nitrogen and oxygen atoms in total. The van der Waals surface area contributed by atoms with Crippen LogP contribution in [-0.4, -0.2) is 91.0 Å². The van der Waals surface area contributed by atoms with Crippen LogP contribution in [0.5, 0.6) is 0 Å². The summed E-state index contributed by atoms with van der Waals surface area (Å²) in [6.07, 6.45) is 6.55. The monoisotopic (exact) mass is 524 g/mol. The van der Waals surface area contributed by atoms with Gasteiger partial charge in [-0.2, -0.15) is 0 Å². The molecule has 4 aliphatic rings. The summed E-state index contributed by atoms with van der Waals surface area (Å²) in [5.74, 6) is -0.00678. The molecule has 2 amide bonds. The van der Waals surface area contributed by atoms with E-state index in [1.807, 2.05) is 19.2 Å². The lowest BCUT2D eigenvalue weighted by Gasteiger charge is -2.42. The molecule has 1 aliphatic carbocycles. The van der Waals surface area contributed by atoms with Crippen LogP contribution in [0.25, 0.3) is 0 Å². The number of amides is 2. The van der Waals surface area contributed by atoms with E-state index in [9.17, 15) is 14.4 Å². The smallest absolute Gasteiger partial charge is 0.251 e. The number of benzene rings is 1. The number of Topliss-reactive ketones (excluding diaryl/α,β-unsaturated/α-hetero) is 1. The van der Waals surface area contributed by atoms with Crippen LogP contribution in [-0.2, 0) is 14.3 Å². The Bertz CT molecular complexity index is 1020. The fourth-order valence-electron chi connectivity index (χ4n) is 6.65. The summed E-state index contributed by atoms with van der Waals surface area (Å²) in [5, 5.41) is 6.19. The molecule has 0 spiro atoms. The van der Waals surface area contributed by atoms with Gasteiger partial charge in [0.15, 0.2) is 5.78 Å². The van der Waals surface area contributed by atoms with E-state index in [1.54, 1.807) is 4.90 Å². The van der Waals surface area contributed by atoms with Gasteiger partial charge in [-0.15, -0.1) is 0 Å². The number of piperidine rings is 1. The topological polar surface area (TPSA) is 91.0 Å². The maximum absolute atomic E-state index is 13.8. The van der Waals surface area contributed by atoms with E-state index in [0.29, 0.717) is 24.4 Å². The zero-order chi connectivity index (χ0) is 27.0. The summed E-state index contributed by atoms with van der Waals surface area (Å²) in [6, 6.07) is 7.33. The third kappa shape index (κ3) is 5.68. The predicted octanol–water partition coefficient (Wildman–Crippen LogP) is 2.72. The Hall–Kier alpha value is -2.29. The largest absolute Gasteiger partial charge is 0.366 e. The van der Waals surface area contributed by atoms with Crippen LogP contribution in [0.15, 0.2) is 24.3 Å². The second-order valence-electron chi connectivity index (χ2n) is 12.9. The molecule has 3 aliphatic heterocycles. The molecule has 1 aromatic rings. The molecule has 1 saturated carbocycles. The SMILES string of the molecule is CN[C@H]1CN(C(=O)[C@H](CC(C)(C)C)NC(=O)c2ccc(C3CCN(C4CCC4)CC3)cc2)[C@@H]2C(=O)CO[C@H]12. The standard InChI is InChI=1S/C30H44N4O4/c1-30(2,3)16-23(29(37)34-17-24(31-4)27-26(34)25(35)18-38-27)32-28(36)21-10-8-19(9-11-21)20-12-14-33(15-13-20)22-6-5-7-22/h8-11,20,22-24,26-27,31H,5-7,12-18H2,1-4H3,(H,32,36)/t23-,24-,26+,27+/m0/s1. The van der Waals surface area contributed by atoms with Gasteiger partial charge in [0.1, 0.15) is 24.8 Å². The minimum atomic E-state index is -0.720. The summed E-state index contributed by atoms with van der Waals surface area (Å²) in [7, 11) is 1.82. The molecule has 0 bridgehead atoms. The summed E-state index contributed by atoms with van der Waals surface area (Å²) in [5.41, 5.74) is 1.65. The van der Waals surface area contributed by atoms with Gasteiger partial charge in [-0.1, -0.05) is 39.3 Å². The van der Waals surface area contributed by atoms with Gasteiger partial charge in [-0.25, -0.2) is 0 Å². The number of ketones is 1. The van der Waals surface area contributed by atoms with Crippen molar-refractivity contribution in [2.75, 3.05) is 33.3 Å². The third-order valence-electron chi connectivity index (χ3n) is 9.02. The van der Waals surface area contributed by atoms with Crippen LogP contribution in [0.2, 0.25) is 0 Å². The highest BCUT2D eigenvalue weighted by molar-refractivity contribution is 5.99. The fraction of sp³-hybridized carbons (Fsp3) is 0.700. The quantitative estimate of drug-likeness (QED) is 0.570. The van der Waals surface area contributed by atoms with E-state index in [4.69, 9.17) is 4.74 Å². The molecule has 0 radical (unpaired) electrons. The highest BCUT2D eigenvalue weighted by Crippen LogP contribution is 2.34. The maximum Gasteiger partial charge on any atom is 0.251 e. The van der Waals surface area contributed by atoms with E-state index in [-0.39, 0.29) is 41.8 Å². The molecule has 3 heterocycles. The lowest BCUT2D eigenvalue weighted by atomic mass is 9.85. The van der Waals surface area contributed by atoms with Crippen LogP contribution < -0.4 is 10.6 Å². The van der Waals surface area contributed by atoms with Gasteiger partial charge in [0.2, 0.25) is 5.91 Å². The average Bonchev–Trinajstić information content (AvgIpc) is 3.42. The van der Waals surface area contributed by atoms with E-state index < -0.39 is 12.1 Å². The van der Waals surface area contributed by atoms with Crippen molar-refractivity contribution in [2.45, 2.75) is 95.5 Å². The number of fused-ring (bicyclic) bond motifs is 1. The Morgan fingerprint density at radius 3 is 2.34 bits per heavy atom. The number of likely N-dealkylation sites (tertiary alicyclic amines) is 2. The van der Waals surface area contributed by atoms with Crippen molar-refractivity contribution in [3.63, 3.8) is 0 Å². The van der Waals surface area contributed by atoms with E-state index in [0.717, 1.165) is 32.0 Å². The predicted molar refractivity (Wildman–Crippen MR) is 146 cm³/mol. The molecule has 5 rings (SSSR count). The Morgan fingerprint density at radius 2 is 1.76 bits per heavy atom. The molecular formula is C30H44N4O4. The van der Waals surface area contributed by atoms with Gasteiger partial charge < -0.3 is 25.2 Å². The van der Waals surface area contributed by atoms with Gasteiger partial charge in [0.25, 0.3) is 5.91 Å². The van der Waals surface area contributed by atoms with Crippen molar-refractivity contribution in [2.24, 2.45) is 5.41 Å². The van der Waals surface area contributed by atoms with Gasteiger partial charge in [-0.3, -0.25) is 14.4 Å². The molecule has 1 aromatic carbocycles. The molecule has 4 atom stereocenters. The van der Waals surface area contributed by atoms with Crippen molar-refractivity contribution in [1.29, 1.82) is 0 Å². The van der Waals surface area contributed by atoms with Crippen LogP contribution >= 0.6 is 0 Å². The van der Waals surface area contributed by atoms with E-state index in [2.05, 4.69) is 48.4 Å². The fourth-order valence-corrected chi connectivity index (χ4v) is 6.65. The highest BCUT2D eigenvalue weighted by Gasteiger charge is 2.53. The lowest BCUT2D eigenvalue weighted by molar-refractivity contribution is -0.138. The van der Waals surface area contributed by atoms with Crippen molar-refractivity contribution < 1.29 is 19.1 Å². The van der Waals surface area contributed by atoms with Crippen molar-refractivity contribution >= 4 is 17.6 Å². The number of hydrogen-bond acceptors (Lipinski definition) is 6. The first-order chi connectivity index (χ1) is 18.1. The lowest BCUT2D eigenvalue weighted by Crippen LogP contribution is -2.53. The number of rotatable bonds is 7. The normalized spacial score (nSPS) is 27.7. The Kier molecular flexibility index (Phi) is 7.94. The second kappa shape index (κ2) is 11.1. The minimum absolute atomic E-state index is 0.0273. The number of carbonyl (C=O) groups is 3. The van der Waals surface area contributed by atoms with E-state index in [1.165, 1.54) is 24.8 Å². The molecule has 38 heavy (non-hydrogen) atoms. The Balaban J connectivity index is 1.24. The molecule has 0 aromatic heterocycles. The van der Waals surface area contributed by atoms with Crippen LogP contribution in [0.3, 0.4) is 0 Å². The number of hydrogen-bond donors (Lipinski definition) is 2. The molecule has 208 valence electrons. The van der Waals surface area contributed by atoms with Crippen molar-refractivity contribution in [3.8, 4) is 0 Å². The zero-order valence-electron chi connectivity index (χ0n) is 23.4. The van der Waals surface area contributed by atoms with Crippen LogP contribution in [0.1, 0.15) is 81.1 Å². The number of nitrogens with one attached hydrogen (secondary N) is 2. The van der Waals surface area contributed by atoms with Crippen molar-refractivity contribution in [1.82, 2.24) is 20.4 Å². The number of nitrogens with zero attached hydrogens (tertiary/aromatic N) is 2. The molecule has 3 saturated heterocycles. The highest BCUT2D eigenvalue weighted by atomic mass is 16.5. The molecule has 4 fully saturated rings. The second-order valence-corrected chi connectivity index (χ2v) is 12.9. The molecule has 2 N–H and O–H groups in total. The van der Waals surface area contributed by atoms with Crippen LogP contribution in [0.4, 0.5) is 0 Å². The Morgan fingerprint density at radius 1 is 1.08 bits per heavy atom. The number of carbonyl (C=O) groups excluding carboxylic acids is 3. The van der Waals surface area contributed by atoms with Gasteiger partial charge in [0.05, 0.1) is 6.04 Å². The molecule has 0 unspecified atom stereocenters. The van der Waals surface area contributed by atoms with Crippen LogP contribution in [0, 0.1) is 5.41 Å².